The molecule has 0 amide bonds. The molecule has 1 unspecified atom stereocenters. The van der Waals surface area contributed by atoms with Crippen molar-refractivity contribution in [3.8, 4) is 0 Å². The summed E-state index contributed by atoms with van der Waals surface area (Å²) in [5, 5.41) is 5.18. The predicted molar refractivity (Wildman–Crippen MR) is 58.6 cm³/mol. The Bertz CT molecular complexity index is 272. The molecule has 0 aliphatic rings. The highest BCUT2D eigenvalue weighted by molar-refractivity contribution is 7.07. The molecule has 0 saturated carbocycles. The number of ketones is 1. The molecule has 0 fully saturated rings. The summed E-state index contributed by atoms with van der Waals surface area (Å²) in [6, 6.07) is -0.0629. The van der Waals surface area contributed by atoms with Crippen LogP contribution in [0.5, 0.6) is 0 Å². The van der Waals surface area contributed by atoms with Crippen LogP contribution in [0.3, 0.4) is 0 Å². The molecule has 0 bridgehead atoms. The van der Waals surface area contributed by atoms with Gasteiger partial charge < -0.3 is 5.32 Å². The lowest BCUT2D eigenvalue weighted by Crippen LogP contribution is -2.38. The number of carbonyl (C=O) groups is 1. The summed E-state index contributed by atoms with van der Waals surface area (Å²) >= 11 is 1.57. The van der Waals surface area contributed by atoms with Crippen LogP contribution in [0.2, 0.25) is 0 Å². The summed E-state index contributed by atoms with van der Waals surface area (Å²) in [6.45, 7) is 4.73. The Morgan fingerprint density at radius 2 is 2.43 bits per heavy atom. The second-order valence-corrected chi connectivity index (χ2v) is 3.83. The number of nitrogens with one attached hydrogen (secondary N) is 1. The summed E-state index contributed by atoms with van der Waals surface area (Å²) in [6.07, 6.45) is 1.30. The van der Waals surface area contributed by atoms with Crippen molar-refractivity contribution in [1.29, 1.82) is 0 Å². The minimum atomic E-state index is -0.0629. The van der Waals surface area contributed by atoms with Gasteiger partial charge in [-0.05, 0) is 6.54 Å². The van der Waals surface area contributed by atoms with Gasteiger partial charge in [0.05, 0.1) is 17.2 Å². The third-order valence-electron chi connectivity index (χ3n) is 2.08. The fraction of sp³-hybridized carbons (Fsp3) is 0.600. The average molecular weight is 212 g/mol. The molecule has 1 N–H and O–H groups in total. The molecule has 4 heteroatoms. The van der Waals surface area contributed by atoms with Crippen LogP contribution in [0.25, 0.3) is 0 Å². The third kappa shape index (κ3) is 3.20. The van der Waals surface area contributed by atoms with Crippen LogP contribution in [-0.4, -0.2) is 23.4 Å². The van der Waals surface area contributed by atoms with E-state index in [-0.39, 0.29) is 11.8 Å². The second kappa shape index (κ2) is 5.88. The zero-order chi connectivity index (χ0) is 10.4. The van der Waals surface area contributed by atoms with Gasteiger partial charge in [-0.3, -0.25) is 4.79 Å². The van der Waals surface area contributed by atoms with Gasteiger partial charge in [0.15, 0.2) is 0 Å². The minimum absolute atomic E-state index is 0.0629. The lowest BCUT2D eigenvalue weighted by atomic mass is 10.1. The van der Waals surface area contributed by atoms with E-state index in [0.29, 0.717) is 12.8 Å². The SMILES string of the molecule is CCNC(Cc1cscn1)C(=O)CC. The lowest BCUT2D eigenvalue weighted by Gasteiger charge is -2.14. The van der Waals surface area contributed by atoms with Crippen LogP contribution in [0, 0.1) is 0 Å². The average Bonchev–Trinajstić information content (AvgIpc) is 2.68. The van der Waals surface area contributed by atoms with Gasteiger partial charge in [0, 0.05) is 18.2 Å². The maximum Gasteiger partial charge on any atom is 0.149 e. The summed E-state index contributed by atoms with van der Waals surface area (Å²) < 4.78 is 0. The van der Waals surface area contributed by atoms with E-state index in [0.717, 1.165) is 12.2 Å². The Hall–Kier alpha value is -0.740. The molecule has 1 aromatic rings. The number of Topliss-reactive ketones (excluding diaryl/α,β-unsaturated/α-hetero) is 1. The summed E-state index contributed by atoms with van der Waals surface area (Å²) in [7, 11) is 0. The highest BCUT2D eigenvalue weighted by Gasteiger charge is 2.16. The molecule has 14 heavy (non-hydrogen) atoms. The molecular formula is C10H16N2OS. The van der Waals surface area contributed by atoms with Crippen LogP contribution in [0.15, 0.2) is 10.9 Å². The van der Waals surface area contributed by atoms with Gasteiger partial charge in [-0.25, -0.2) is 4.98 Å². The van der Waals surface area contributed by atoms with Crippen molar-refractivity contribution in [3.05, 3.63) is 16.6 Å². The molecule has 0 spiro atoms. The standard InChI is InChI=1S/C10H16N2OS/c1-3-10(13)9(11-4-2)5-8-6-14-7-12-8/h6-7,9,11H,3-5H2,1-2H3. The molecule has 0 saturated heterocycles. The number of thiazole rings is 1. The molecule has 0 aromatic carbocycles. The molecule has 0 radical (unpaired) electrons. The van der Waals surface area contributed by atoms with Crippen LogP contribution >= 0.6 is 11.3 Å². The van der Waals surface area contributed by atoms with Crippen LogP contribution in [-0.2, 0) is 11.2 Å². The fourth-order valence-corrected chi connectivity index (χ4v) is 1.91. The van der Waals surface area contributed by atoms with Crippen molar-refractivity contribution in [2.45, 2.75) is 32.7 Å². The Kier molecular flexibility index (Phi) is 4.76. The Morgan fingerprint density at radius 1 is 1.64 bits per heavy atom. The smallest absolute Gasteiger partial charge is 0.149 e. The molecule has 3 nitrogen and oxygen atoms in total. The molecule has 1 rings (SSSR count). The largest absolute Gasteiger partial charge is 0.307 e. The van der Waals surface area contributed by atoms with E-state index < -0.39 is 0 Å². The highest BCUT2D eigenvalue weighted by atomic mass is 32.1. The monoisotopic (exact) mass is 212 g/mol. The van der Waals surface area contributed by atoms with Crippen molar-refractivity contribution in [1.82, 2.24) is 10.3 Å². The fourth-order valence-electron chi connectivity index (χ4n) is 1.34. The number of likely N-dealkylation sites (N-methyl/N-ethyl adjacent to an activating group) is 1. The zero-order valence-corrected chi connectivity index (χ0v) is 9.43. The first-order chi connectivity index (χ1) is 6.77. The predicted octanol–water partition coefficient (Wildman–Crippen LogP) is 1.64. The number of hydrogen-bond acceptors (Lipinski definition) is 4. The van der Waals surface area contributed by atoms with E-state index in [2.05, 4.69) is 10.3 Å². The van der Waals surface area contributed by atoms with Crippen LogP contribution in [0.1, 0.15) is 26.0 Å². The minimum Gasteiger partial charge on any atom is -0.307 e. The van der Waals surface area contributed by atoms with E-state index in [9.17, 15) is 4.79 Å². The quantitative estimate of drug-likeness (QED) is 0.779. The van der Waals surface area contributed by atoms with E-state index in [4.69, 9.17) is 0 Å². The van der Waals surface area contributed by atoms with Gasteiger partial charge in [-0.2, -0.15) is 0 Å². The molecule has 1 atom stereocenters. The number of rotatable bonds is 6. The second-order valence-electron chi connectivity index (χ2n) is 3.11. The first-order valence-electron chi connectivity index (χ1n) is 4.91. The first kappa shape index (κ1) is 11.3. The van der Waals surface area contributed by atoms with Crippen LogP contribution < -0.4 is 5.32 Å². The number of nitrogens with zero attached hydrogens (tertiary/aromatic N) is 1. The summed E-state index contributed by atoms with van der Waals surface area (Å²) in [4.78, 5) is 15.7. The Morgan fingerprint density at radius 3 is 2.93 bits per heavy atom. The van der Waals surface area contributed by atoms with Gasteiger partial charge in [0.1, 0.15) is 5.78 Å². The first-order valence-corrected chi connectivity index (χ1v) is 5.85. The molecule has 78 valence electrons. The van der Waals surface area contributed by atoms with Gasteiger partial charge in [-0.1, -0.05) is 13.8 Å². The van der Waals surface area contributed by atoms with Crippen molar-refractivity contribution in [2.75, 3.05) is 6.54 Å². The Balaban J connectivity index is 2.55. The zero-order valence-electron chi connectivity index (χ0n) is 8.62. The van der Waals surface area contributed by atoms with Gasteiger partial charge >= 0.3 is 0 Å². The molecule has 1 heterocycles. The Labute approximate surface area is 88.6 Å². The highest BCUT2D eigenvalue weighted by Crippen LogP contribution is 2.06. The van der Waals surface area contributed by atoms with Gasteiger partial charge in [-0.15, -0.1) is 11.3 Å². The molecular weight excluding hydrogens is 196 g/mol. The number of hydrogen-bond donors (Lipinski definition) is 1. The third-order valence-corrected chi connectivity index (χ3v) is 2.72. The molecule has 1 aromatic heterocycles. The maximum atomic E-state index is 11.5. The van der Waals surface area contributed by atoms with Crippen molar-refractivity contribution >= 4 is 17.1 Å². The van der Waals surface area contributed by atoms with Crippen LogP contribution in [0.4, 0.5) is 0 Å². The number of aromatic nitrogens is 1. The number of carbonyl (C=O) groups excluding carboxylic acids is 1. The van der Waals surface area contributed by atoms with Crippen molar-refractivity contribution in [2.24, 2.45) is 0 Å². The topological polar surface area (TPSA) is 42.0 Å². The van der Waals surface area contributed by atoms with E-state index in [1.54, 1.807) is 16.8 Å². The summed E-state index contributed by atoms with van der Waals surface area (Å²) in [5.41, 5.74) is 2.80. The van der Waals surface area contributed by atoms with E-state index >= 15 is 0 Å². The normalized spacial score (nSPS) is 12.7. The maximum absolute atomic E-state index is 11.5. The lowest BCUT2D eigenvalue weighted by molar-refractivity contribution is -0.120. The van der Waals surface area contributed by atoms with Crippen molar-refractivity contribution in [3.63, 3.8) is 0 Å². The summed E-state index contributed by atoms with van der Waals surface area (Å²) in [5.74, 6) is 0.264. The van der Waals surface area contributed by atoms with Gasteiger partial charge in [0.25, 0.3) is 0 Å². The molecule has 0 aliphatic carbocycles. The van der Waals surface area contributed by atoms with Gasteiger partial charge in [0.2, 0.25) is 0 Å². The van der Waals surface area contributed by atoms with E-state index in [1.165, 1.54) is 0 Å². The van der Waals surface area contributed by atoms with Crippen molar-refractivity contribution < 1.29 is 4.79 Å². The van der Waals surface area contributed by atoms with E-state index in [1.807, 2.05) is 19.2 Å². The molecule has 0 aliphatic heterocycles.